The Hall–Kier alpha value is -2.93. The number of nitrogens with zero attached hydrogens (tertiary/aromatic N) is 5. The van der Waals surface area contributed by atoms with Crippen molar-refractivity contribution in [2.75, 3.05) is 13.1 Å². The van der Waals surface area contributed by atoms with E-state index in [2.05, 4.69) is 24.9 Å². The fourth-order valence-corrected chi connectivity index (χ4v) is 4.80. The SMILES string of the molecule is O=S(=O)(N1CCC(n2c(-c3ncc[nH]3)nc3cnc4[nH]ccc4c32)C1)C(F)(F)F. The second kappa shape index (κ2) is 6.03. The van der Waals surface area contributed by atoms with Gasteiger partial charge in [0.1, 0.15) is 11.2 Å². The van der Waals surface area contributed by atoms with Crippen molar-refractivity contribution in [2.45, 2.75) is 18.0 Å². The minimum atomic E-state index is -5.39. The highest BCUT2D eigenvalue weighted by Crippen LogP contribution is 2.37. The van der Waals surface area contributed by atoms with Gasteiger partial charge in [-0.1, -0.05) is 0 Å². The minimum absolute atomic E-state index is 0.211. The summed E-state index contributed by atoms with van der Waals surface area (Å²) in [6, 6.07) is 1.26. The Labute approximate surface area is 161 Å². The van der Waals surface area contributed by atoms with Crippen LogP contribution in [0.15, 0.2) is 30.9 Å². The molecule has 1 aliphatic heterocycles. The monoisotopic (exact) mass is 425 g/mol. The number of sulfonamides is 1. The van der Waals surface area contributed by atoms with E-state index in [1.165, 1.54) is 6.20 Å². The molecule has 4 aromatic heterocycles. The molecule has 0 bridgehead atoms. The molecule has 5 heterocycles. The second-order valence-corrected chi connectivity index (χ2v) is 8.66. The molecule has 0 aliphatic carbocycles. The molecular weight excluding hydrogens is 411 g/mol. The Morgan fingerprint density at radius 1 is 1.17 bits per heavy atom. The highest BCUT2D eigenvalue weighted by molar-refractivity contribution is 7.90. The van der Waals surface area contributed by atoms with Crippen molar-refractivity contribution in [3.8, 4) is 11.6 Å². The quantitative estimate of drug-likeness (QED) is 0.523. The zero-order valence-corrected chi connectivity index (χ0v) is 15.5. The number of hydrogen-bond donors (Lipinski definition) is 2. The van der Waals surface area contributed by atoms with Gasteiger partial charge in [-0.2, -0.15) is 17.5 Å². The van der Waals surface area contributed by atoms with Crippen LogP contribution in [0.5, 0.6) is 0 Å². The number of pyridine rings is 1. The van der Waals surface area contributed by atoms with Crippen LogP contribution in [-0.2, 0) is 10.0 Å². The van der Waals surface area contributed by atoms with Crippen LogP contribution in [0.4, 0.5) is 13.2 Å². The number of hydrogen-bond acceptors (Lipinski definition) is 5. The Morgan fingerprint density at radius 2 is 2.00 bits per heavy atom. The Kier molecular flexibility index (Phi) is 3.77. The lowest BCUT2D eigenvalue weighted by Gasteiger charge is -2.19. The van der Waals surface area contributed by atoms with E-state index in [9.17, 15) is 21.6 Å². The molecule has 0 saturated carbocycles. The van der Waals surface area contributed by atoms with Crippen LogP contribution in [0.3, 0.4) is 0 Å². The number of aromatic amines is 2. The zero-order chi connectivity index (χ0) is 20.4. The van der Waals surface area contributed by atoms with Gasteiger partial charge in [-0.05, 0) is 12.5 Å². The largest absolute Gasteiger partial charge is 0.511 e. The summed E-state index contributed by atoms with van der Waals surface area (Å²) in [5.41, 5.74) is -3.53. The highest BCUT2D eigenvalue weighted by Gasteiger charge is 2.52. The number of halogens is 3. The molecule has 1 atom stereocenters. The molecular formula is C16H14F3N7O2S. The van der Waals surface area contributed by atoms with Gasteiger partial charge in [0, 0.05) is 37.1 Å². The van der Waals surface area contributed by atoms with Crippen molar-refractivity contribution in [3.05, 3.63) is 30.9 Å². The Bertz CT molecular complexity index is 1310. The Morgan fingerprint density at radius 3 is 2.72 bits per heavy atom. The summed E-state index contributed by atoms with van der Waals surface area (Å²) in [5, 5.41) is 0.741. The molecule has 0 radical (unpaired) electrons. The van der Waals surface area contributed by atoms with Crippen molar-refractivity contribution >= 4 is 32.1 Å². The van der Waals surface area contributed by atoms with Gasteiger partial charge in [-0.15, -0.1) is 0 Å². The van der Waals surface area contributed by atoms with E-state index in [1.807, 2.05) is 0 Å². The summed E-state index contributed by atoms with van der Waals surface area (Å²) in [6.45, 7) is -0.541. The third-order valence-electron chi connectivity index (χ3n) is 5.07. The summed E-state index contributed by atoms with van der Waals surface area (Å²) in [7, 11) is -5.39. The van der Waals surface area contributed by atoms with Crippen LogP contribution in [0.1, 0.15) is 12.5 Å². The molecule has 0 spiro atoms. The van der Waals surface area contributed by atoms with Crippen LogP contribution in [-0.4, -0.2) is 60.8 Å². The van der Waals surface area contributed by atoms with E-state index in [1.54, 1.807) is 29.2 Å². The lowest BCUT2D eigenvalue weighted by molar-refractivity contribution is -0.0484. The van der Waals surface area contributed by atoms with E-state index in [0.29, 0.717) is 32.6 Å². The Balaban J connectivity index is 1.68. The standard InChI is InChI=1S/C16H14F3N7O2S/c17-16(18,19)29(27,28)25-6-2-9(8-25)26-12-10-1-3-20-13(10)23-7-11(12)24-15(26)14-21-4-5-22-14/h1,3-5,7,9H,2,6,8H2,(H,20,23)(H,21,22). The van der Waals surface area contributed by atoms with Gasteiger partial charge in [0.15, 0.2) is 11.6 Å². The molecule has 0 amide bonds. The molecule has 2 N–H and O–H groups in total. The fraction of sp³-hybridized carbons (Fsp3) is 0.312. The number of H-pyrrole nitrogens is 2. The average Bonchev–Trinajstić information content (AvgIpc) is 3.44. The second-order valence-electron chi connectivity index (χ2n) is 6.73. The number of aromatic nitrogens is 6. The van der Waals surface area contributed by atoms with Gasteiger partial charge in [0.05, 0.1) is 17.8 Å². The number of nitrogens with one attached hydrogen (secondary N) is 2. The zero-order valence-electron chi connectivity index (χ0n) is 14.7. The molecule has 5 rings (SSSR count). The van der Waals surface area contributed by atoms with E-state index in [4.69, 9.17) is 0 Å². The molecule has 13 heteroatoms. The molecule has 1 fully saturated rings. The summed E-state index contributed by atoms with van der Waals surface area (Å²) in [5.74, 6) is 0.846. The van der Waals surface area contributed by atoms with E-state index >= 15 is 0 Å². The maximum Gasteiger partial charge on any atom is 0.511 e. The highest BCUT2D eigenvalue weighted by atomic mass is 32.2. The first-order valence-corrected chi connectivity index (χ1v) is 10.1. The maximum absolute atomic E-state index is 13.0. The molecule has 29 heavy (non-hydrogen) atoms. The van der Waals surface area contributed by atoms with Crippen LogP contribution in [0, 0.1) is 0 Å². The van der Waals surface area contributed by atoms with Gasteiger partial charge in [0.2, 0.25) is 0 Å². The van der Waals surface area contributed by atoms with Crippen molar-refractivity contribution < 1.29 is 21.6 Å². The fourth-order valence-electron chi connectivity index (χ4n) is 3.79. The van der Waals surface area contributed by atoms with Crippen LogP contribution >= 0.6 is 0 Å². The van der Waals surface area contributed by atoms with Crippen LogP contribution in [0.25, 0.3) is 33.7 Å². The predicted octanol–water partition coefficient (Wildman–Crippen LogP) is 2.40. The number of alkyl halides is 3. The summed E-state index contributed by atoms with van der Waals surface area (Å²) < 4.78 is 65.0. The average molecular weight is 425 g/mol. The third kappa shape index (κ3) is 2.64. The lowest BCUT2D eigenvalue weighted by Crippen LogP contribution is -2.39. The minimum Gasteiger partial charge on any atom is -0.346 e. The molecule has 9 nitrogen and oxygen atoms in total. The van der Waals surface area contributed by atoms with Crippen molar-refractivity contribution in [1.29, 1.82) is 0 Å². The molecule has 0 aromatic carbocycles. The van der Waals surface area contributed by atoms with Crippen molar-refractivity contribution in [3.63, 3.8) is 0 Å². The van der Waals surface area contributed by atoms with Crippen molar-refractivity contribution in [2.24, 2.45) is 0 Å². The summed E-state index contributed by atoms with van der Waals surface area (Å²) >= 11 is 0. The van der Waals surface area contributed by atoms with Gasteiger partial charge in [-0.25, -0.2) is 23.4 Å². The molecule has 1 aliphatic rings. The van der Waals surface area contributed by atoms with E-state index in [0.717, 1.165) is 5.39 Å². The number of fused-ring (bicyclic) bond motifs is 3. The summed E-state index contributed by atoms with van der Waals surface area (Å²) in [6.07, 6.45) is 6.63. The molecule has 152 valence electrons. The van der Waals surface area contributed by atoms with Crippen LogP contribution in [0.2, 0.25) is 0 Å². The lowest BCUT2D eigenvalue weighted by atomic mass is 10.2. The number of imidazole rings is 2. The predicted molar refractivity (Wildman–Crippen MR) is 97.2 cm³/mol. The molecule has 1 saturated heterocycles. The topological polar surface area (TPSA) is 113 Å². The molecule has 4 aromatic rings. The van der Waals surface area contributed by atoms with Crippen molar-refractivity contribution in [1.82, 2.24) is 33.8 Å². The van der Waals surface area contributed by atoms with E-state index < -0.39 is 21.6 Å². The normalized spacial score (nSPS) is 18.9. The van der Waals surface area contributed by atoms with Gasteiger partial charge in [-0.3, -0.25) is 0 Å². The summed E-state index contributed by atoms with van der Waals surface area (Å²) in [4.78, 5) is 19.0. The molecule has 1 unspecified atom stereocenters. The smallest absolute Gasteiger partial charge is 0.346 e. The van der Waals surface area contributed by atoms with Gasteiger partial charge < -0.3 is 14.5 Å². The first-order chi connectivity index (χ1) is 13.8. The maximum atomic E-state index is 13.0. The van der Waals surface area contributed by atoms with E-state index in [-0.39, 0.29) is 19.5 Å². The van der Waals surface area contributed by atoms with Gasteiger partial charge in [0.25, 0.3) is 0 Å². The first-order valence-electron chi connectivity index (χ1n) is 8.67. The number of rotatable bonds is 3. The third-order valence-corrected chi connectivity index (χ3v) is 6.66. The van der Waals surface area contributed by atoms with Gasteiger partial charge >= 0.3 is 15.5 Å². The first kappa shape index (κ1) is 18.1. The van der Waals surface area contributed by atoms with Crippen LogP contribution < -0.4 is 0 Å².